The van der Waals surface area contributed by atoms with Crippen LogP contribution in [-0.4, -0.2) is 22.1 Å². The molecule has 0 aromatic carbocycles. The largest absolute Gasteiger partial charge is 0.347 e. The molecule has 16 heavy (non-hydrogen) atoms. The Labute approximate surface area is 96.7 Å². The molecule has 88 valence electrons. The van der Waals surface area contributed by atoms with Crippen LogP contribution in [0.15, 0.2) is 18.5 Å². The molecule has 0 saturated heterocycles. The van der Waals surface area contributed by atoms with E-state index in [0.717, 1.165) is 6.42 Å². The summed E-state index contributed by atoms with van der Waals surface area (Å²) in [5.41, 5.74) is 5.94. The summed E-state index contributed by atoms with van der Waals surface area (Å²) in [5, 5.41) is 3.45. The van der Waals surface area contributed by atoms with E-state index < -0.39 is 0 Å². The average molecular weight is 220 g/mol. The highest BCUT2D eigenvalue weighted by Gasteiger charge is 2.37. The Hall–Kier alpha value is -1.16. The van der Waals surface area contributed by atoms with Gasteiger partial charge in [-0.15, -0.1) is 0 Å². The third-order valence-corrected chi connectivity index (χ3v) is 3.74. The molecule has 1 aliphatic rings. The highest BCUT2D eigenvalue weighted by Crippen LogP contribution is 2.34. The normalized spacial score (nSPS) is 30.0. The highest BCUT2D eigenvalue weighted by molar-refractivity contribution is 5.29. The van der Waals surface area contributed by atoms with Crippen molar-refractivity contribution in [2.75, 3.05) is 11.9 Å². The molecule has 0 aliphatic heterocycles. The molecule has 0 amide bonds. The van der Waals surface area contributed by atoms with Crippen LogP contribution in [0.5, 0.6) is 0 Å². The molecule has 4 heteroatoms. The molecule has 0 bridgehead atoms. The maximum absolute atomic E-state index is 5.96. The van der Waals surface area contributed by atoms with Gasteiger partial charge in [-0.05, 0) is 24.8 Å². The van der Waals surface area contributed by atoms with Crippen LogP contribution in [0.1, 0.15) is 32.6 Å². The molecule has 1 saturated carbocycles. The summed E-state index contributed by atoms with van der Waals surface area (Å²) in [6.07, 6.45) is 8.40. The summed E-state index contributed by atoms with van der Waals surface area (Å²) in [4.78, 5) is 8.44. The van der Waals surface area contributed by atoms with Gasteiger partial charge in [0.2, 0.25) is 5.95 Å². The predicted octanol–water partition coefficient (Wildman–Crippen LogP) is 1.80. The third kappa shape index (κ3) is 2.16. The molecule has 0 spiro atoms. The second-order valence-corrected chi connectivity index (χ2v) is 4.70. The van der Waals surface area contributed by atoms with Crippen molar-refractivity contribution in [2.24, 2.45) is 11.7 Å². The Morgan fingerprint density at radius 2 is 2.19 bits per heavy atom. The molecule has 2 atom stereocenters. The zero-order valence-electron chi connectivity index (χ0n) is 9.82. The number of rotatable bonds is 3. The Bertz CT molecular complexity index is 327. The zero-order chi connectivity index (χ0) is 11.4. The van der Waals surface area contributed by atoms with Crippen LogP contribution in [0, 0.1) is 5.92 Å². The Morgan fingerprint density at radius 1 is 1.44 bits per heavy atom. The minimum atomic E-state index is -0.0143. The van der Waals surface area contributed by atoms with E-state index >= 15 is 0 Å². The van der Waals surface area contributed by atoms with E-state index in [2.05, 4.69) is 22.2 Å². The van der Waals surface area contributed by atoms with E-state index in [1.807, 2.05) is 6.07 Å². The number of hydrogen-bond donors (Lipinski definition) is 2. The molecule has 1 heterocycles. The fourth-order valence-electron chi connectivity index (χ4n) is 2.54. The fourth-order valence-corrected chi connectivity index (χ4v) is 2.54. The minimum absolute atomic E-state index is 0.0143. The number of aromatic nitrogens is 2. The fraction of sp³-hybridized carbons (Fsp3) is 0.667. The second kappa shape index (κ2) is 4.78. The van der Waals surface area contributed by atoms with Crippen LogP contribution in [0.2, 0.25) is 0 Å². The molecule has 1 fully saturated rings. The van der Waals surface area contributed by atoms with Gasteiger partial charge in [0.1, 0.15) is 0 Å². The molecule has 1 aliphatic carbocycles. The van der Waals surface area contributed by atoms with Gasteiger partial charge in [-0.2, -0.15) is 0 Å². The first kappa shape index (κ1) is 11.3. The van der Waals surface area contributed by atoms with Crippen LogP contribution < -0.4 is 11.1 Å². The molecule has 4 nitrogen and oxygen atoms in total. The Kier molecular flexibility index (Phi) is 3.39. The van der Waals surface area contributed by atoms with Gasteiger partial charge in [0.25, 0.3) is 0 Å². The Morgan fingerprint density at radius 3 is 2.81 bits per heavy atom. The van der Waals surface area contributed by atoms with E-state index in [9.17, 15) is 0 Å². The molecule has 1 aromatic rings. The maximum atomic E-state index is 5.96. The number of nitrogens with two attached hydrogens (primary N) is 1. The quantitative estimate of drug-likeness (QED) is 0.815. The van der Waals surface area contributed by atoms with Crippen LogP contribution in [0.3, 0.4) is 0 Å². The first-order chi connectivity index (χ1) is 7.77. The number of nitrogens with zero attached hydrogens (tertiary/aromatic N) is 2. The smallest absolute Gasteiger partial charge is 0.223 e. The summed E-state index contributed by atoms with van der Waals surface area (Å²) in [7, 11) is 0. The molecule has 2 rings (SSSR count). The van der Waals surface area contributed by atoms with E-state index in [0.29, 0.717) is 18.4 Å². The van der Waals surface area contributed by atoms with Crippen LogP contribution >= 0.6 is 0 Å². The lowest BCUT2D eigenvalue weighted by molar-refractivity contribution is 0.234. The van der Waals surface area contributed by atoms with Gasteiger partial charge < -0.3 is 11.1 Å². The average Bonchev–Trinajstić information content (AvgIpc) is 2.34. The van der Waals surface area contributed by atoms with Crippen molar-refractivity contribution >= 4 is 5.95 Å². The van der Waals surface area contributed by atoms with E-state index in [1.54, 1.807) is 12.4 Å². The third-order valence-electron chi connectivity index (χ3n) is 3.74. The summed E-state index contributed by atoms with van der Waals surface area (Å²) in [6, 6.07) is 1.82. The summed E-state index contributed by atoms with van der Waals surface area (Å²) in [5.74, 6) is 1.27. The van der Waals surface area contributed by atoms with Crippen molar-refractivity contribution in [2.45, 2.75) is 38.1 Å². The first-order valence-electron chi connectivity index (χ1n) is 6.02. The van der Waals surface area contributed by atoms with Gasteiger partial charge in [-0.3, -0.25) is 0 Å². The predicted molar refractivity (Wildman–Crippen MR) is 65.1 cm³/mol. The molecule has 0 radical (unpaired) electrons. The summed E-state index contributed by atoms with van der Waals surface area (Å²) in [6.45, 7) is 2.91. The van der Waals surface area contributed by atoms with E-state index in [1.165, 1.54) is 19.3 Å². The minimum Gasteiger partial charge on any atom is -0.347 e. The van der Waals surface area contributed by atoms with Gasteiger partial charge in [-0.1, -0.05) is 19.8 Å². The van der Waals surface area contributed by atoms with Gasteiger partial charge >= 0.3 is 0 Å². The number of nitrogens with one attached hydrogen (secondary N) is 1. The maximum Gasteiger partial charge on any atom is 0.223 e. The van der Waals surface area contributed by atoms with Crippen LogP contribution in [0.4, 0.5) is 5.95 Å². The molecule has 3 N–H and O–H groups in total. The monoisotopic (exact) mass is 220 g/mol. The lowest BCUT2D eigenvalue weighted by Crippen LogP contribution is -2.52. The van der Waals surface area contributed by atoms with Crippen molar-refractivity contribution in [1.82, 2.24) is 9.97 Å². The van der Waals surface area contributed by atoms with Crippen molar-refractivity contribution in [1.29, 1.82) is 0 Å². The number of anilines is 1. The van der Waals surface area contributed by atoms with E-state index in [4.69, 9.17) is 5.73 Å². The Balaban J connectivity index is 2.15. The SMILES string of the molecule is CC1CCCCC1(CN)Nc1ncccn1. The first-order valence-corrected chi connectivity index (χ1v) is 6.02. The van der Waals surface area contributed by atoms with Crippen molar-refractivity contribution in [3.8, 4) is 0 Å². The molecular weight excluding hydrogens is 200 g/mol. The molecule has 2 unspecified atom stereocenters. The van der Waals surface area contributed by atoms with E-state index in [-0.39, 0.29) is 5.54 Å². The van der Waals surface area contributed by atoms with Crippen molar-refractivity contribution < 1.29 is 0 Å². The van der Waals surface area contributed by atoms with Crippen molar-refractivity contribution in [3.05, 3.63) is 18.5 Å². The van der Waals surface area contributed by atoms with Crippen LogP contribution in [0.25, 0.3) is 0 Å². The topological polar surface area (TPSA) is 63.8 Å². The zero-order valence-corrected chi connectivity index (χ0v) is 9.82. The second-order valence-electron chi connectivity index (χ2n) is 4.70. The van der Waals surface area contributed by atoms with Gasteiger partial charge in [0.15, 0.2) is 0 Å². The number of hydrogen-bond acceptors (Lipinski definition) is 4. The summed E-state index contributed by atoms with van der Waals surface area (Å²) >= 11 is 0. The van der Waals surface area contributed by atoms with Gasteiger partial charge in [0.05, 0.1) is 5.54 Å². The van der Waals surface area contributed by atoms with Gasteiger partial charge in [0, 0.05) is 18.9 Å². The highest BCUT2D eigenvalue weighted by atomic mass is 15.1. The molecular formula is C12H20N4. The van der Waals surface area contributed by atoms with Crippen molar-refractivity contribution in [3.63, 3.8) is 0 Å². The standard InChI is InChI=1S/C12H20N4/c1-10-5-2-3-6-12(10,9-13)16-11-14-7-4-8-15-11/h4,7-8,10H,2-3,5-6,9,13H2,1H3,(H,14,15,16). The lowest BCUT2D eigenvalue weighted by atomic mass is 9.73. The van der Waals surface area contributed by atoms with Crippen LogP contribution in [-0.2, 0) is 0 Å². The molecule has 1 aromatic heterocycles. The van der Waals surface area contributed by atoms with Gasteiger partial charge in [-0.25, -0.2) is 9.97 Å². The summed E-state index contributed by atoms with van der Waals surface area (Å²) < 4.78 is 0. The lowest BCUT2D eigenvalue weighted by Gasteiger charge is -2.42.